The first-order valence-electron chi connectivity index (χ1n) is 9.43. The van der Waals surface area contributed by atoms with Crippen molar-refractivity contribution in [3.8, 4) is 5.75 Å². The van der Waals surface area contributed by atoms with Crippen LogP contribution in [0.1, 0.15) is 17.0 Å². The summed E-state index contributed by atoms with van der Waals surface area (Å²) < 4.78 is 5.21. The third-order valence-corrected chi connectivity index (χ3v) is 5.68. The monoisotopic (exact) mass is 422 g/mol. The van der Waals surface area contributed by atoms with Crippen molar-refractivity contribution >= 4 is 45.7 Å². The van der Waals surface area contributed by atoms with Gasteiger partial charge in [0.1, 0.15) is 5.75 Å². The molecule has 0 radical (unpaired) electrons. The number of hydrogen-bond acceptors (Lipinski definition) is 4. The van der Waals surface area contributed by atoms with E-state index in [0.717, 1.165) is 16.5 Å². The third kappa shape index (κ3) is 3.50. The maximum Gasteiger partial charge on any atom is 0.279 e. The Morgan fingerprint density at radius 1 is 1.23 bits per heavy atom. The van der Waals surface area contributed by atoms with Gasteiger partial charge < -0.3 is 9.64 Å². The molecule has 1 amide bonds. The van der Waals surface area contributed by atoms with Gasteiger partial charge in [0.2, 0.25) is 0 Å². The predicted molar refractivity (Wildman–Crippen MR) is 118 cm³/mol. The number of nitro benzene ring substituents is 1. The number of benzene rings is 3. The molecule has 0 aliphatic carbocycles. The van der Waals surface area contributed by atoms with Crippen molar-refractivity contribution in [2.24, 2.45) is 0 Å². The molecule has 30 heavy (non-hydrogen) atoms. The Morgan fingerprint density at radius 2 is 2.00 bits per heavy atom. The van der Waals surface area contributed by atoms with Gasteiger partial charge in [-0.25, -0.2) is 0 Å². The van der Waals surface area contributed by atoms with Crippen molar-refractivity contribution < 1.29 is 14.5 Å². The Bertz CT molecular complexity index is 1180. The molecule has 3 aromatic carbocycles. The van der Waals surface area contributed by atoms with Crippen LogP contribution in [-0.4, -0.2) is 30.4 Å². The summed E-state index contributed by atoms with van der Waals surface area (Å²) in [5.74, 6) is 0.663. The van der Waals surface area contributed by atoms with E-state index < -0.39 is 4.92 Å². The molecular weight excluding hydrogens is 404 g/mol. The van der Waals surface area contributed by atoms with Crippen LogP contribution in [0.3, 0.4) is 0 Å². The van der Waals surface area contributed by atoms with Gasteiger partial charge in [0.05, 0.1) is 23.1 Å². The van der Waals surface area contributed by atoms with Crippen molar-refractivity contribution in [3.63, 3.8) is 0 Å². The molecule has 1 aliphatic heterocycles. The molecule has 1 atom stereocenters. The second-order valence-electron chi connectivity index (χ2n) is 7.04. The molecule has 4 rings (SSSR count). The standard InChI is InChI=1S/C23H19ClN2O4/c1-30-17-6-4-5-15(11-17)9-10-22(27)25-14-16(13-24)23-19-8-3-2-7-18(19)20(26(28)29)12-21(23)25/h2-12,16H,13-14H2,1H3. The highest BCUT2D eigenvalue weighted by atomic mass is 35.5. The number of halogens is 1. The number of hydrogen-bond donors (Lipinski definition) is 0. The number of non-ortho nitro benzene ring substituents is 1. The number of carbonyl (C=O) groups excluding carboxylic acids is 1. The molecule has 1 heterocycles. The molecule has 0 spiro atoms. The minimum absolute atomic E-state index is 0.0193. The SMILES string of the molecule is COc1cccc(C=CC(=O)N2CC(CCl)c3c2cc([N+](=O)[O-])c2ccccc32)c1. The summed E-state index contributed by atoms with van der Waals surface area (Å²) in [6.45, 7) is 0.380. The zero-order chi connectivity index (χ0) is 21.3. The van der Waals surface area contributed by atoms with E-state index in [-0.39, 0.29) is 17.5 Å². The van der Waals surface area contributed by atoms with Crippen LogP contribution < -0.4 is 9.64 Å². The van der Waals surface area contributed by atoms with Crippen LogP contribution in [0.5, 0.6) is 5.75 Å². The van der Waals surface area contributed by atoms with Crippen molar-refractivity contribution in [1.29, 1.82) is 0 Å². The van der Waals surface area contributed by atoms with Gasteiger partial charge in [-0.2, -0.15) is 0 Å². The van der Waals surface area contributed by atoms with E-state index in [1.165, 1.54) is 12.1 Å². The van der Waals surface area contributed by atoms with E-state index in [9.17, 15) is 14.9 Å². The number of rotatable bonds is 5. The van der Waals surface area contributed by atoms with Crippen LogP contribution in [0.2, 0.25) is 0 Å². The highest BCUT2D eigenvalue weighted by Crippen LogP contribution is 2.45. The number of ether oxygens (including phenoxy) is 1. The lowest BCUT2D eigenvalue weighted by atomic mass is 9.95. The van der Waals surface area contributed by atoms with Crippen LogP contribution in [0.4, 0.5) is 11.4 Å². The maximum atomic E-state index is 13.0. The smallest absolute Gasteiger partial charge is 0.279 e. The number of nitro groups is 1. The Labute approximate surface area is 178 Å². The molecule has 0 N–H and O–H groups in total. The molecule has 7 heteroatoms. The summed E-state index contributed by atoms with van der Waals surface area (Å²) >= 11 is 6.21. The lowest BCUT2D eigenvalue weighted by Crippen LogP contribution is -2.28. The van der Waals surface area contributed by atoms with E-state index in [4.69, 9.17) is 16.3 Å². The van der Waals surface area contributed by atoms with E-state index in [2.05, 4.69) is 0 Å². The fourth-order valence-corrected chi connectivity index (χ4v) is 4.17. The lowest BCUT2D eigenvalue weighted by Gasteiger charge is -2.16. The average molecular weight is 423 g/mol. The van der Waals surface area contributed by atoms with Gasteiger partial charge in [0.25, 0.3) is 11.6 Å². The molecular formula is C23H19ClN2O4. The molecule has 0 fully saturated rings. The normalized spacial score (nSPS) is 15.5. The zero-order valence-corrected chi connectivity index (χ0v) is 17.0. The fraction of sp³-hybridized carbons (Fsp3) is 0.174. The fourth-order valence-electron chi connectivity index (χ4n) is 3.92. The zero-order valence-electron chi connectivity index (χ0n) is 16.2. The van der Waals surface area contributed by atoms with Gasteiger partial charge in [-0.15, -0.1) is 11.6 Å². The van der Waals surface area contributed by atoms with Crippen molar-refractivity contribution in [1.82, 2.24) is 0 Å². The number of fused-ring (bicyclic) bond motifs is 3. The van der Waals surface area contributed by atoms with Gasteiger partial charge in [-0.1, -0.05) is 30.3 Å². The van der Waals surface area contributed by atoms with Crippen LogP contribution in [0.15, 0.2) is 60.7 Å². The Morgan fingerprint density at radius 3 is 2.70 bits per heavy atom. The van der Waals surface area contributed by atoms with Gasteiger partial charge >= 0.3 is 0 Å². The third-order valence-electron chi connectivity index (χ3n) is 5.31. The van der Waals surface area contributed by atoms with Crippen LogP contribution >= 0.6 is 11.6 Å². The maximum absolute atomic E-state index is 13.0. The predicted octanol–water partition coefficient (Wildman–Crippen LogP) is 5.14. The summed E-state index contributed by atoms with van der Waals surface area (Å²) in [6.07, 6.45) is 3.17. The van der Waals surface area contributed by atoms with E-state index in [1.807, 2.05) is 36.4 Å². The van der Waals surface area contributed by atoms with Gasteiger partial charge in [-0.3, -0.25) is 14.9 Å². The molecule has 3 aromatic rings. The topological polar surface area (TPSA) is 72.7 Å². The molecule has 0 aromatic heterocycles. The van der Waals surface area contributed by atoms with Gasteiger partial charge in [0, 0.05) is 30.5 Å². The van der Waals surface area contributed by atoms with E-state index in [0.29, 0.717) is 29.2 Å². The number of methoxy groups -OCH3 is 1. The van der Waals surface area contributed by atoms with Gasteiger partial charge in [0.15, 0.2) is 0 Å². The molecule has 1 aliphatic rings. The molecule has 0 saturated heterocycles. The lowest BCUT2D eigenvalue weighted by molar-refractivity contribution is -0.383. The molecule has 0 saturated carbocycles. The highest BCUT2D eigenvalue weighted by molar-refractivity contribution is 6.19. The number of alkyl halides is 1. The molecule has 0 bridgehead atoms. The molecule has 152 valence electrons. The Balaban J connectivity index is 1.76. The summed E-state index contributed by atoms with van der Waals surface area (Å²) in [4.78, 5) is 25.8. The first-order chi connectivity index (χ1) is 14.5. The second-order valence-corrected chi connectivity index (χ2v) is 7.35. The first-order valence-corrected chi connectivity index (χ1v) is 9.96. The summed E-state index contributed by atoms with van der Waals surface area (Å²) in [7, 11) is 1.58. The number of anilines is 1. The highest BCUT2D eigenvalue weighted by Gasteiger charge is 2.35. The van der Waals surface area contributed by atoms with E-state index in [1.54, 1.807) is 30.2 Å². The molecule has 6 nitrogen and oxygen atoms in total. The number of nitrogens with zero attached hydrogens (tertiary/aromatic N) is 2. The Hall–Kier alpha value is -3.38. The number of amides is 1. The second kappa shape index (κ2) is 8.16. The van der Waals surface area contributed by atoms with Crippen LogP contribution in [0, 0.1) is 10.1 Å². The van der Waals surface area contributed by atoms with Gasteiger partial charge in [-0.05, 0) is 40.8 Å². The van der Waals surface area contributed by atoms with Crippen molar-refractivity contribution in [2.75, 3.05) is 24.4 Å². The van der Waals surface area contributed by atoms with Crippen LogP contribution in [0.25, 0.3) is 16.8 Å². The molecule has 1 unspecified atom stereocenters. The van der Waals surface area contributed by atoms with Crippen molar-refractivity contribution in [3.05, 3.63) is 81.9 Å². The first kappa shape index (κ1) is 19.9. The minimum atomic E-state index is -0.411. The Kier molecular flexibility index (Phi) is 5.42. The summed E-state index contributed by atoms with van der Waals surface area (Å²) in [5.41, 5.74) is 2.23. The largest absolute Gasteiger partial charge is 0.497 e. The quantitative estimate of drug-likeness (QED) is 0.247. The van der Waals surface area contributed by atoms with E-state index >= 15 is 0 Å². The van der Waals surface area contributed by atoms with Crippen LogP contribution in [-0.2, 0) is 4.79 Å². The van der Waals surface area contributed by atoms with Crippen molar-refractivity contribution in [2.45, 2.75) is 5.92 Å². The summed E-state index contributed by atoms with van der Waals surface area (Å²) in [6, 6.07) is 16.0. The summed E-state index contributed by atoms with van der Waals surface area (Å²) in [5, 5.41) is 13.0. The number of carbonyl (C=O) groups is 1. The minimum Gasteiger partial charge on any atom is -0.497 e. The average Bonchev–Trinajstić information content (AvgIpc) is 3.16.